The second-order valence-corrected chi connectivity index (χ2v) is 6.19. The molecule has 18 heavy (non-hydrogen) atoms. The summed E-state index contributed by atoms with van der Waals surface area (Å²) in [5.74, 6) is 0. The molecule has 0 unspecified atom stereocenters. The third-order valence-corrected chi connectivity index (χ3v) is 4.50. The number of nitrogens with one attached hydrogen (secondary N) is 1. The summed E-state index contributed by atoms with van der Waals surface area (Å²) in [6.07, 6.45) is 0. The SMILES string of the molecule is Cc1nc(CNc2c(Cl)ccc3scnc23)cs1. The van der Waals surface area contributed by atoms with E-state index in [4.69, 9.17) is 11.6 Å². The largest absolute Gasteiger partial charge is 0.376 e. The molecule has 0 saturated carbocycles. The van der Waals surface area contributed by atoms with Crippen LogP contribution >= 0.6 is 34.3 Å². The zero-order valence-electron chi connectivity index (χ0n) is 9.61. The molecule has 1 aromatic carbocycles. The lowest BCUT2D eigenvalue weighted by Gasteiger charge is -2.07. The molecule has 0 aliphatic rings. The predicted octanol–water partition coefficient (Wildman–Crippen LogP) is 4.33. The van der Waals surface area contributed by atoms with Crippen molar-refractivity contribution in [1.29, 1.82) is 0 Å². The van der Waals surface area contributed by atoms with Crippen LogP contribution in [0, 0.1) is 6.92 Å². The summed E-state index contributed by atoms with van der Waals surface area (Å²) in [4.78, 5) is 8.77. The summed E-state index contributed by atoms with van der Waals surface area (Å²) in [5.41, 5.74) is 4.68. The second-order valence-electron chi connectivity index (χ2n) is 3.83. The van der Waals surface area contributed by atoms with Gasteiger partial charge in [-0.05, 0) is 19.1 Å². The Kier molecular flexibility index (Phi) is 3.20. The fourth-order valence-electron chi connectivity index (χ4n) is 1.74. The highest BCUT2D eigenvalue weighted by atomic mass is 35.5. The lowest BCUT2D eigenvalue weighted by atomic mass is 10.3. The van der Waals surface area contributed by atoms with Crippen LogP contribution in [0.1, 0.15) is 10.7 Å². The first-order valence-corrected chi connectivity index (χ1v) is 7.54. The summed E-state index contributed by atoms with van der Waals surface area (Å²) in [6, 6.07) is 3.89. The van der Waals surface area contributed by atoms with Gasteiger partial charge >= 0.3 is 0 Å². The Bertz CT molecular complexity index is 690. The van der Waals surface area contributed by atoms with E-state index in [1.54, 1.807) is 22.7 Å². The van der Waals surface area contributed by atoms with Gasteiger partial charge in [0.25, 0.3) is 0 Å². The van der Waals surface area contributed by atoms with Crippen molar-refractivity contribution in [3.05, 3.63) is 38.7 Å². The van der Waals surface area contributed by atoms with Crippen LogP contribution in [-0.2, 0) is 6.54 Å². The van der Waals surface area contributed by atoms with E-state index in [2.05, 4.69) is 20.7 Å². The van der Waals surface area contributed by atoms with Crippen molar-refractivity contribution in [2.45, 2.75) is 13.5 Å². The van der Waals surface area contributed by atoms with Crippen LogP contribution in [0.15, 0.2) is 23.0 Å². The Morgan fingerprint density at radius 1 is 1.33 bits per heavy atom. The molecule has 0 saturated heterocycles. The number of benzene rings is 1. The van der Waals surface area contributed by atoms with Crippen LogP contribution in [0.3, 0.4) is 0 Å². The zero-order chi connectivity index (χ0) is 12.5. The fraction of sp³-hybridized carbons (Fsp3) is 0.167. The molecule has 0 aliphatic carbocycles. The Morgan fingerprint density at radius 3 is 3.00 bits per heavy atom. The smallest absolute Gasteiger partial charge is 0.106 e. The van der Waals surface area contributed by atoms with Gasteiger partial charge < -0.3 is 5.32 Å². The molecule has 2 aromatic heterocycles. The highest BCUT2D eigenvalue weighted by molar-refractivity contribution is 7.16. The van der Waals surface area contributed by atoms with E-state index in [1.807, 2.05) is 24.6 Å². The van der Waals surface area contributed by atoms with Crippen molar-refractivity contribution in [3.63, 3.8) is 0 Å². The topological polar surface area (TPSA) is 37.8 Å². The Balaban J connectivity index is 1.89. The van der Waals surface area contributed by atoms with E-state index in [0.29, 0.717) is 11.6 Å². The summed E-state index contributed by atoms with van der Waals surface area (Å²) in [5, 5.41) is 7.15. The van der Waals surface area contributed by atoms with Crippen LogP contribution < -0.4 is 5.32 Å². The lowest BCUT2D eigenvalue weighted by Crippen LogP contribution is -2.01. The molecule has 92 valence electrons. The summed E-state index contributed by atoms with van der Waals surface area (Å²) >= 11 is 9.48. The van der Waals surface area contributed by atoms with Crippen molar-refractivity contribution >= 4 is 50.2 Å². The van der Waals surface area contributed by atoms with Gasteiger partial charge in [0.1, 0.15) is 5.52 Å². The Morgan fingerprint density at radius 2 is 2.22 bits per heavy atom. The number of aryl methyl sites for hydroxylation is 1. The minimum Gasteiger partial charge on any atom is -0.376 e. The predicted molar refractivity (Wildman–Crippen MR) is 78.8 cm³/mol. The molecule has 1 N–H and O–H groups in total. The Hall–Kier alpha value is -1.17. The van der Waals surface area contributed by atoms with Crippen molar-refractivity contribution in [3.8, 4) is 0 Å². The molecule has 0 radical (unpaired) electrons. The van der Waals surface area contributed by atoms with Crippen LogP contribution in [0.4, 0.5) is 5.69 Å². The summed E-state index contributed by atoms with van der Waals surface area (Å²) in [7, 11) is 0. The van der Waals surface area contributed by atoms with Gasteiger partial charge in [-0.3, -0.25) is 0 Å². The van der Waals surface area contributed by atoms with Gasteiger partial charge in [0, 0.05) is 5.38 Å². The summed E-state index contributed by atoms with van der Waals surface area (Å²) in [6.45, 7) is 2.67. The van der Waals surface area contributed by atoms with E-state index < -0.39 is 0 Å². The average Bonchev–Trinajstić information content (AvgIpc) is 2.96. The summed E-state index contributed by atoms with van der Waals surface area (Å²) < 4.78 is 1.14. The number of anilines is 1. The second kappa shape index (κ2) is 4.84. The fourth-order valence-corrected chi connectivity index (χ4v) is 3.26. The number of hydrogen-bond acceptors (Lipinski definition) is 5. The van der Waals surface area contributed by atoms with Crippen LogP contribution in [0.25, 0.3) is 10.2 Å². The van der Waals surface area contributed by atoms with Gasteiger partial charge in [-0.1, -0.05) is 11.6 Å². The lowest BCUT2D eigenvalue weighted by molar-refractivity contribution is 1.06. The zero-order valence-corrected chi connectivity index (χ0v) is 12.0. The van der Waals surface area contributed by atoms with Gasteiger partial charge in [-0.15, -0.1) is 22.7 Å². The first kappa shape index (κ1) is 11.9. The molecular weight excluding hydrogens is 286 g/mol. The van der Waals surface area contributed by atoms with Gasteiger partial charge in [0.15, 0.2) is 0 Å². The van der Waals surface area contributed by atoms with E-state index in [0.717, 1.165) is 26.6 Å². The Labute approximate surface area is 117 Å². The van der Waals surface area contributed by atoms with E-state index in [1.165, 1.54) is 0 Å². The number of aromatic nitrogens is 2. The van der Waals surface area contributed by atoms with E-state index in [-0.39, 0.29) is 0 Å². The maximum absolute atomic E-state index is 6.22. The van der Waals surface area contributed by atoms with Crippen LogP contribution in [-0.4, -0.2) is 9.97 Å². The van der Waals surface area contributed by atoms with Crippen molar-refractivity contribution in [1.82, 2.24) is 9.97 Å². The molecule has 6 heteroatoms. The average molecular weight is 296 g/mol. The molecule has 0 fully saturated rings. The number of thiazole rings is 2. The molecular formula is C12H10ClN3S2. The molecule has 0 amide bonds. The number of halogens is 1. The molecule has 3 aromatic rings. The molecule has 0 atom stereocenters. The van der Waals surface area contributed by atoms with E-state index in [9.17, 15) is 0 Å². The van der Waals surface area contributed by atoms with Crippen LogP contribution in [0.2, 0.25) is 5.02 Å². The molecule has 3 rings (SSSR count). The van der Waals surface area contributed by atoms with Gasteiger partial charge in [-0.25, -0.2) is 9.97 Å². The van der Waals surface area contributed by atoms with Gasteiger partial charge in [0.05, 0.1) is 38.2 Å². The third kappa shape index (κ3) is 2.21. The number of nitrogens with zero attached hydrogens (tertiary/aromatic N) is 2. The standard InChI is InChI=1S/C12H10ClN3S2/c1-7-16-8(5-17-7)4-14-11-9(13)2-3-10-12(11)15-6-18-10/h2-3,5-6,14H,4H2,1H3. The number of rotatable bonds is 3. The van der Waals surface area contributed by atoms with Gasteiger partial charge in [-0.2, -0.15) is 0 Å². The van der Waals surface area contributed by atoms with E-state index >= 15 is 0 Å². The minimum absolute atomic E-state index is 0.667. The van der Waals surface area contributed by atoms with Crippen LogP contribution in [0.5, 0.6) is 0 Å². The van der Waals surface area contributed by atoms with Crippen molar-refractivity contribution in [2.75, 3.05) is 5.32 Å². The molecule has 0 aliphatic heterocycles. The normalized spacial score (nSPS) is 11.0. The van der Waals surface area contributed by atoms with Gasteiger partial charge in [0.2, 0.25) is 0 Å². The molecule has 3 nitrogen and oxygen atoms in total. The first-order chi connectivity index (χ1) is 8.74. The number of fused-ring (bicyclic) bond motifs is 1. The monoisotopic (exact) mass is 295 g/mol. The maximum atomic E-state index is 6.22. The molecule has 0 spiro atoms. The highest BCUT2D eigenvalue weighted by Crippen LogP contribution is 2.32. The first-order valence-electron chi connectivity index (χ1n) is 5.40. The number of hydrogen-bond donors (Lipinski definition) is 1. The quantitative estimate of drug-likeness (QED) is 0.781. The third-order valence-electron chi connectivity index (χ3n) is 2.56. The molecule has 2 heterocycles. The maximum Gasteiger partial charge on any atom is 0.106 e. The van der Waals surface area contributed by atoms with Crippen molar-refractivity contribution < 1.29 is 0 Å². The highest BCUT2D eigenvalue weighted by Gasteiger charge is 2.09. The minimum atomic E-state index is 0.667. The van der Waals surface area contributed by atoms with Crippen molar-refractivity contribution in [2.24, 2.45) is 0 Å². The molecule has 0 bridgehead atoms.